The first-order valence-electron chi connectivity index (χ1n) is 7.29. The fourth-order valence-corrected chi connectivity index (χ4v) is 2.36. The van der Waals surface area contributed by atoms with E-state index < -0.39 is 5.97 Å². The zero-order chi connectivity index (χ0) is 16.1. The smallest absolute Gasteiger partial charge is 0.328 e. The molecule has 0 amide bonds. The Bertz CT molecular complexity index is 872. The summed E-state index contributed by atoms with van der Waals surface area (Å²) in [5, 5.41) is 13.1. The molecule has 0 aliphatic carbocycles. The Kier molecular flexibility index (Phi) is 4.34. The number of fused-ring (bicyclic) bond motifs is 1. The average Bonchev–Trinajstić information content (AvgIpc) is 2.58. The Morgan fingerprint density at radius 1 is 1.13 bits per heavy atom. The zero-order valence-corrected chi connectivity index (χ0v) is 12.4. The van der Waals surface area contributed by atoms with Crippen LogP contribution in [-0.2, 0) is 11.3 Å². The lowest BCUT2D eigenvalue weighted by atomic mass is 10.1. The van der Waals surface area contributed by atoms with E-state index in [1.165, 1.54) is 0 Å². The van der Waals surface area contributed by atoms with Crippen LogP contribution in [0, 0.1) is 0 Å². The number of nitrogens with one attached hydrogen (secondary N) is 1. The molecule has 0 aliphatic heterocycles. The molecule has 4 heteroatoms. The number of hydrogen-bond acceptors (Lipinski definition) is 3. The summed E-state index contributed by atoms with van der Waals surface area (Å²) in [5.74, 6) is -0.946. The summed E-state index contributed by atoms with van der Waals surface area (Å²) in [4.78, 5) is 14.9. The molecule has 2 aromatic carbocycles. The van der Waals surface area contributed by atoms with E-state index in [-0.39, 0.29) is 0 Å². The average molecular weight is 304 g/mol. The molecule has 0 radical (unpaired) electrons. The standard InChI is InChI=1S/C19H16N2O2/c22-19(23)9-6-14-3-1-4-15(11-14)13-21-17-7-8-18-16(12-17)5-2-10-20-18/h1-12,21H,13H2,(H,22,23). The normalized spacial score (nSPS) is 11.0. The predicted molar refractivity (Wildman–Crippen MR) is 92.2 cm³/mol. The molecule has 1 heterocycles. The van der Waals surface area contributed by atoms with Gasteiger partial charge in [-0.25, -0.2) is 4.79 Å². The van der Waals surface area contributed by atoms with Crippen molar-refractivity contribution >= 4 is 28.6 Å². The Morgan fingerprint density at radius 3 is 2.91 bits per heavy atom. The molecule has 0 spiro atoms. The maximum atomic E-state index is 10.6. The van der Waals surface area contributed by atoms with Crippen molar-refractivity contribution in [1.82, 2.24) is 4.98 Å². The molecule has 4 nitrogen and oxygen atoms in total. The van der Waals surface area contributed by atoms with E-state index in [0.29, 0.717) is 6.54 Å². The Hall–Kier alpha value is -3.14. The molecule has 1 aromatic heterocycles. The molecule has 0 unspecified atom stereocenters. The number of hydrogen-bond donors (Lipinski definition) is 2. The molecule has 0 atom stereocenters. The second-order valence-electron chi connectivity index (χ2n) is 5.18. The lowest BCUT2D eigenvalue weighted by molar-refractivity contribution is -0.131. The summed E-state index contributed by atoms with van der Waals surface area (Å²) in [5.41, 5.74) is 3.95. The van der Waals surface area contributed by atoms with Gasteiger partial charge >= 0.3 is 5.97 Å². The molecule has 0 saturated carbocycles. The number of rotatable bonds is 5. The van der Waals surface area contributed by atoms with Gasteiger partial charge in [0.05, 0.1) is 5.52 Å². The van der Waals surface area contributed by atoms with Gasteiger partial charge in [0.25, 0.3) is 0 Å². The van der Waals surface area contributed by atoms with E-state index in [0.717, 1.165) is 33.8 Å². The first-order chi connectivity index (χ1) is 11.2. The summed E-state index contributed by atoms with van der Waals surface area (Å²) < 4.78 is 0. The summed E-state index contributed by atoms with van der Waals surface area (Å²) >= 11 is 0. The van der Waals surface area contributed by atoms with Gasteiger partial charge < -0.3 is 10.4 Å². The molecule has 0 aliphatic rings. The van der Waals surface area contributed by atoms with Gasteiger partial charge in [0, 0.05) is 29.9 Å². The molecule has 0 saturated heterocycles. The van der Waals surface area contributed by atoms with E-state index in [4.69, 9.17) is 5.11 Å². The van der Waals surface area contributed by atoms with E-state index in [1.54, 1.807) is 12.3 Å². The fourth-order valence-electron chi connectivity index (χ4n) is 2.36. The van der Waals surface area contributed by atoms with Gasteiger partial charge in [-0.1, -0.05) is 24.3 Å². The van der Waals surface area contributed by atoms with Crippen molar-refractivity contribution in [3.63, 3.8) is 0 Å². The minimum atomic E-state index is -0.946. The number of aromatic nitrogens is 1. The monoisotopic (exact) mass is 304 g/mol. The molecule has 2 N–H and O–H groups in total. The zero-order valence-electron chi connectivity index (χ0n) is 12.4. The molecular formula is C19H16N2O2. The van der Waals surface area contributed by atoms with Crippen molar-refractivity contribution in [2.24, 2.45) is 0 Å². The largest absolute Gasteiger partial charge is 0.478 e. The van der Waals surface area contributed by atoms with Crippen molar-refractivity contribution < 1.29 is 9.90 Å². The van der Waals surface area contributed by atoms with Gasteiger partial charge in [-0.15, -0.1) is 0 Å². The van der Waals surface area contributed by atoms with Gasteiger partial charge in [0.15, 0.2) is 0 Å². The highest BCUT2D eigenvalue weighted by Gasteiger charge is 1.98. The lowest BCUT2D eigenvalue weighted by Crippen LogP contribution is -1.99. The van der Waals surface area contributed by atoms with E-state index >= 15 is 0 Å². The van der Waals surface area contributed by atoms with Crippen LogP contribution in [0.4, 0.5) is 5.69 Å². The van der Waals surface area contributed by atoms with Crippen LogP contribution in [0.2, 0.25) is 0 Å². The van der Waals surface area contributed by atoms with Crippen molar-refractivity contribution in [2.75, 3.05) is 5.32 Å². The number of carbonyl (C=O) groups is 1. The number of aliphatic carboxylic acids is 1. The lowest BCUT2D eigenvalue weighted by Gasteiger charge is -2.08. The van der Waals surface area contributed by atoms with Crippen LogP contribution >= 0.6 is 0 Å². The second-order valence-corrected chi connectivity index (χ2v) is 5.18. The van der Waals surface area contributed by atoms with Crippen molar-refractivity contribution in [3.8, 4) is 0 Å². The van der Waals surface area contributed by atoms with Crippen molar-refractivity contribution in [1.29, 1.82) is 0 Å². The minimum Gasteiger partial charge on any atom is -0.478 e. The van der Waals surface area contributed by atoms with E-state index in [9.17, 15) is 4.79 Å². The van der Waals surface area contributed by atoms with Crippen LogP contribution in [0.1, 0.15) is 11.1 Å². The van der Waals surface area contributed by atoms with Crippen LogP contribution in [0.25, 0.3) is 17.0 Å². The third-order valence-corrected chi connectivity index (χ3v) is 3.47. The highest BCUT2D eigenvalue weighted by molar-refractivity contribution is 5.85. The number of benzene rings is 2. The molecule has 3 rings (SSSR count). The first kappa shape index (κ1) is 14.8. The number of anilines is 1. The quantitative estimate of drug-likeness (QED) is 0.701. The molecule has 0 fully saturated rings. The number of carboxylic acids is 1. The number of carboxylic acid groups (broad SMARTS) is 1. The summed E-state index contributed by atoms with van der Waals surface area (Å²) in [6, 6.07) is 17.8. The summed E-state index contributed by atoms with van der Waals surface area (Å²) in [7, 11) is 0. The van der Waals surface area contributed by atoms with Crippen LogP contribution in [0.3, 0.4) is 0 Å². The van der Waals surface area contributed by atoms with Crippen molar-refractivity contribution in [3.05, 3.63) is 78.0 Å². The third-order valence-electron chi connectivity index (χ3n) is 3.47. The topological polar surface area (TPSA) is 62.2 Å². The van der Waals surface area contributed by atoms with Crippen LogP contribution in [0.5, 0.6) is 0 Å². The van der Waals surface area contributed by atoms with Gasteiger partial charge in [-0.05, 0) is 47.5 Å². The second kappa shape index (κ2) is 6.75. The third kappa shape index (κ3) is 3.95. The van der Waals surface area contributed by atoms with Crippen molar-refractivity contribution in [2.45, 2.75) is 6.54 Å². The molecule has 23 heavy (non-hydrogen) atoms. The maximum Gasteiger partial charge on any atom is 0.328 e. The fraction of sp³-hybridized carbons (Fsp3) is 0.0526. The van der Waals surface area contributed by atoms with Gasteiger partial charge in [0.2, 0.25) is 0 Å². The van der Waals surface area contributed by atoms with Gasteiger partial charge in [-0.2, -0.15) is 0 Å². The van der Waals surface area contributed by atoms with E-state index in [1.807, 2.05) is 48.5 Å². The molecular weight excluding hydrogens is 288 g/mol. The highest BCUT2D eigenvalue weighted by atomic mass is 16.4. The highest BCUT2D eigenvalue weighted by Crippen LogP contribution is 2.18. The Balaban J connectivity index is 1.71. The molecule has 114 valence electrons. The van der Waals surface area contributed by atoms with E-state index in [2.05, 4.69) is 16.4 Å². The van der Waals surface area contributed by atoms with Crippen LogP contribution < -0.4 is 5.32 Å². The summed E-state index contributed by atoms with van der Waals surface area (Å²) in [6.07, 6.45) is 4.52. The predicted octanol–water partition coefficient (Wildman–Crippen LogP) is 3.94. The number of pyridine rings is 1. The Morgan fingerprint density at radius 2 is 2.04 bits per heavy atom. The molecule has 0 bridgehead atoms. The van der Waals surface area contributed by atoms with Crippen LogP contribution in [0.15, 0.2) is 66.9 Å². The Labute approximate surface area is 134 Å². The SMILES string of the molecule is O=C(O)C=Cc1cccc(CNc2ccc3ncccc3c2)c1. The summed E-state index contributed by atoms with van der Waals surface area (Å²) in [6.45, 7) is 0.667. The molecule has 3 aromatic rings. The maximum absolute atomic E-state index is 10.6. The van der Waals surface area contributed by atoms with Gasteiger partial charge in [0.1, 0.15) is 0 Å². The first-order valence-corrected chi connectivity index (χ1v) is 7.29. The van der Waals surface area contributed by atoms with Crippen LogP contribution in [-0.4, -0.2) is 16.1 Å². The minimum absolute atomic E-state index is 0.667. The number of nitrogens with zero attached hydrogens (tertiary/aromatic N) is 1. The van der Waals surface area contributed by atoms with Gasteiger partial charge in [-0.3, -0.25) is 4.98 Å².